The number of methoxy groups -OCH3 is 1. The van der Waals surface area contributed by atoms with Crippen LogP contribution in [0.3, 0.4) is 0 Å². The van der Waals surface area contributed by atoms with Crippen LogP contribution in [0.4, 0.5) is 18.9 Å². The van der Waals surface area contributed by atoms with Crippen molar-refractivity contribution in [1.82, 2.24) is 15.5 Å². The van der Waals surface area contributed by atoms with E-state index in [1.807, 2.05) is 52.8 Å². The van der Waals surface area contributed by atoms with Crippen molar-refractivity contribution < 1.29 is 23.1 Å². The number of benzene rings is 3. The van der Waals surface area contributed by atoms with Gasteiger partial charge >= 0.3 is 0 Å². The SMILES string of the molecule is CC.CCC(c1cc(C)nc(-c2ccc(F)c(Cl)c2Cl)c1C)N(N)O.COc1cc(CCNCCc2ccc(F)cc2)cc(/C=N/C(C)F)c1N. The second-order valence-corrected chi connectivity index (χ2v) is 12.1. The summed E-state index contributed by atoms with van der Waals surface area (Å²) in [6, 6.07) is 14.6. The van der Waals surface area contributed by atoms with E-state index in [1.165, 1.54) is 31.3 Å². The Balaban J connectivity index is 0.000000339. The molecule has 6 N–H and O–H groups in total. The number of aryl methyl sites for hydroxylation is 1. The van der Waals surface area contributed by atoms with Gasteiger partial charge in [-0.1, -0.05) is 56.1 Å². The Morgan fingerprint density at radius 2 is 1.63 bits per heavy atom. The minimum atomic E-state index is -1.28. The van der Waals surface area contributed by atoms with Gasteiger partial charge < -0.3 is 15.8 Å². The molecule has 0 aliphatic rings. The molecule has 0 saturated carbocycles. The summed E-state index contributed by atoms with van der Waals surface area (Å²) in [4.78, 5) is 8.26. The minimum Gasteiger partial charge on any atom is -0.495 e. The van der Waals surface area contributed by atoms with Crippen molar-refractivity contribution in [3.8, 4) is 17.0 Å². The van der Waals surface area contributed by atoms with Crippen LogP contribution in [-0.2, 0) is 12.8 Å². The normalized spacial score (nSPS) is 12.2. The number of hydrogen-bond donors (Lipinski definition) is 4. The van der Waals surface area contributed by atoms with E-state index in [4.69, 9.17) is 39.5 Å². The van der Waals surface area contributed by atoms with Crippen LogP contribution in [-0.4, -0.2) is 48.1 Å². The molecule has 1 aromatic heterocycles. The lowest BCUT2D eigenvalue weighted by atomic mass is 9.95. The Labute approximate surface area is 309 Å². The average molecular weight is 750 g/mol. The number of nitrogens with two attached hydrogens (primary N) is 2. The van der Waals surface area contributed by atoms with Gasteiger partial charge in [0.2, 0.25) is 0 Å². The molecule has 13 heteroatoms. The Bertz CT molecular complexity index is 1720. The van der Waals surface area contributed by atoms with Gasteiger partial charge in [0.1, 0.15) is 17.4 Å². The monoisotopic (exact) mass is 748 g/mol. The fourth-order valence-corrected chi connectivity index (χ4v) is 5.59. The lowest BCUT2D eigenvalue weighted by Gasteiger charge is -2.24. The van der Waals surface area contributed by atoms with E-state index in [2.05, 4.69) is 15.3 Å². The molecule has 4 aromatic rings. The highest BCUT2D eigenvalue weighted by molar-refractivity contribution is 6.43. The molecule has 3 aromatic carbocycles. The smallest absolute Gasteiger partial charge is 0.187 e. The Morgan fingerprint density at radius 1 is 1.00 bits per heavy atom. The molecule has 8 nitrogen and oxygen atoms in total. The van der Waals surface area contributed by atoms with Crippen molar-refractivity contribution in [1.29, 1.82) is 0 Å². The number of rotatable bonds is 13. The van der Waals surface area contributed by atoms with Crippen LogP contribution in [0.5, 0.6) is 5.75 Å². The fourth-order valence-electron chi connectivity index (χ4n) is 5.18. The fraction of sp³-hybridized carbons (Fsp3) is 0.368. The van der Waals surface area contributed by atoms with Crippen LogP contribution in [0.1, 0.15) is 73.7 Å². The molecule has 0 radical (unpaired) electrons. The third kappa shape index (κ3) is 12.8. The lowest BCUT2D eigenvalue weighted by molar-refractivity contribution is -0.132. The molecule has 0 aliphatic heterocycles. The zero-order valence-electron chi connectivity index (χ0n) is 30.2. The second kappa shape index (κ2) is 21.6. The number of halogens is 5. The molecule has 2 unspecified atom stereocenters. The van der Waals surface area contributed by atoms with Gasteiger partial charge in [0.25, 0.3) is 0 Å². The van der Waals surface area contributed by atoms with Gasteiger partial charge in [-0.3, -0.25) is 15.2 Å². The molecule has 2 atom stereocenters. The molecule has 1 heterocycles. The summed E-state index contributed by atoms with van der Waals surface area (Å²) in [5.41, 5.74) is 12.7. The number of ether oxygens (including phenoxy) is 1. The predicted molar refractivity (Wildman–Crippen MR) is 204 cm³/mol. The number of hydroxylamine groups is 1. The molecule has 0 saturated heterocycles. The van der Waals surface area contributed by atoms with Gasteiger partial charge in [-0.05, 0) is 118 Å². The van der Waals surface area contributed by atoms with Crippen LogP contribution >= 0.6 is 23.2 Å². The Morgan fingerprint density at radius 3 is 2.20 bits per heavy atom. The Kier molecular flexibility index (Phi) is 18.4. The molecule has 4 rings (SSSR count). The standard InChI is InChI=1S/C20H25F2N3O.C16H18Cl2FN3O.C2H6/c1-14(21)25-13-17-11-16(12-19(26-2)20(17)23)8-10-24-9-7-15-3-5-18(22)6-4-15;1-4-13(22(20)23)11-7-8(2)21-16(9(11)3)10-5-6-12(19)15(18)14(10)17;1-2/h3-6,11-14,24H,7-10,23H2,1-2H3;5-7,13,23H,4,20H2,1-3H3;1-2H3/b25-13+;;. The topological polar surface area (TPSA) is 122 Å². The van der Waals surface area contributed by atoms with Gasteiger partial charge in [0.05, 0.1) is 34.6 Å². The molecule has 51 heavy (non-hydrogen) atoms. The van der Waals surface area contributed by atoms with Gasteiger partial charge in [-0.25, -0.2) is 19.0 Å². The maximum atomic E-state index is 13.5. The first-order valence-corrected chi connectivity index (χ1v) is 17.5. The van der Waals surface area contributed by atoms with E-state index in [1.54, 1.807) is 25.3 Å². The third-order valence-electron chi connectivity index (χ3n) is 7.76. The zero-order chi connectivity index (χ0) is 38.2. The molecule has 0 spiro atoms. The summed E-state index contributed by atoms with van der Waals surface area (Å²) >= 11 is 12.1. The van der Waals surface area contributed by atoms with Crippen molar-refractivity contribution in [3.63, 3.8) is 0 Å². The van der Waals surface area contributed by atoms with Gasteiger partial charge in [-0.2, -0.15) is 0 Å². The molecule has 0 fully saturated rings. The lowest BCUT2D eigenvalue weighted by Crippen LogP contribution is -2.32. The summed E-state index contributed by atoms with van der Waals surface area (Å²) in [5.74, 6) is 5.29. The van der Waals surface area contributed by atoms with Crippen molar-refractivity contribution in [2.24, 2.45) is 10.8 Å². The van der Waals surface area contributed by atoms with Crippen molar-refractivity contribution in [2.75, 3.05) is 25.9 Å². The molecular weight excluding hydrogens is 700 g/mol. The maximum absolute atomic E-state index is 13.5. The van der Waals surface area contributed by atoms with E-state index in [9.17, 15) is 18.4 Å². The summed E-state index contributed by atoms with van der Waals surface area (Å²) in [6.45, 7) is 12.5. The summed E-state index contributed by atoms with van der Waals surface area (Å²) in [7, 11) is 1.55. The van der Waals surface area contributed by atoms with Crippen LogP contribution in [0, 0.1) is 25.5 Å². The number of nitrogens with zero attached hydrogens (tertiary/aromatic N) is 3. The Hall–Kier alpha value is -3.71. The predicted octanol–water partition coefficient (Wildman–Crippen LogP) is 9.38. The van der Waals surface area contributed by atoms with Gasteiger partial charge in [0, 0.05) is 23.0 Å². The number of nitrogen functional groups attached to an aromatic ring is 1. The van der Waals surface area contributed by atoms with Gasteiger partial charge in [0.15, 0.2) is 6.30 Å². The molecule has 0 amide bonds. The largest absolute Gasteiger partial charge is 0.495 e. The number of anilines is 1. The van der Waals surface area contributed by atoms with Crippen LogP contribution in [0.15, 0.2) is 59.6 Å². The van der Waals surface area contributed by atoms with Crippen molar-refractivity contribution in [3.05, 3.63) is 110 Å². The van der Waals surface area contributed by atoms with E-state index >= 15 is 0 Å². The zero-order valence-corrected chi connectivity index (χ0v) is 31.7. The van der Waals surface area contributed by atoms with Crippen molar-refractivity contribution in [2.45, 2.75) is 73.1 Å². The molecular formula is C38H49Cl2F3N6O2. The van der Waals surface area contributed by atoms with Crippen molar-refractivity contribution >= 4 is 35.1 Å². The number of hydrazine groups is 1. The number of pyridine rings is 1. The number of aliphatic imine (C=N–C) groups is 1. The minimum absolute atomic E-state index is 0.112. The molecule has 0 aliphatic carbocycles. The average Bonchev–Trinajstić information content (AvgIpc) is 3.10. The first-order valence-electron chi connectivity index (χ1n) is 16.7. The maximum Gasteiger partial charge on any atom is 0.187 e. The number of hydrogen-bond acceptors (Lipinski definition) is 8. The number of nitrogens with one attached hydrogen (secondary N) is 1. The second-order valence-electron chi connectivity index (χ2n) is 11.4. The van der Waals surface area contributed by atoms with Crippen LogP contribution in [0.2, 0.25) is 10.0 Å². The van der Waals surface area contributed by atoms with E-state index in [-0.39, 0.29) is 21.9 Å². The quantitative estimate of drug-likeness (QED) is 0.0204. The first kappa shape index (κ1) is 43.5. The highest BCUT2D eigenvalue weighted by atomic mass is 35.5. The third-order valence-corrected chi connectivity index (χ3v) is 8.62. The summed E-state index contributed by atoms with van der Waals surface area (Å²) < 4.78 is 44.7. The molecule has 0 bridgehead atoms. The highest BCUT2D eigenvalue weighted by Crippen LogP contribution is 2.38. The van der Waals surface area contributed by atoms with E-state index in [0.29, 0.717) is 39.9 Å². The summed E-state index contributed by atoms with van der Waals surface area (Å²) in [5, 5.41) is 13.7. The highest BCUT2D eigenvalue weighted by Gasteiger charge is 2.22. The van der Waals surface area contributed by atoms with Crippen LogP contribution < -0.4 is 21.6 Å². The van der Waals surface area contributed by atoms with Gasteiger partial charge in [-0.15, -0.1) is 5.17 Å². The number of aromatic nitrogens is 1. The number of alkyl halides is 1. The first-order chi connectivity index (χ1) is 24.3. The van der Waals surface area contributed by atoms with E-state index in [0.717, 1.165) is 53.9 Å². The van der Waals surface area contributed by atoms with Crippen LogP contribution in [0.25, 0.3) is 11.3 Å². The molecule has 278 valence electrons. The van der Waals surface area contributed by atoms with E-state index < -0.39 is 12.1 Å². The summed E-state index contributed by atoms with van der Waals surface area (Å²) in [6.07, 6.45) is 2.36.